The molecule has 0 amide bonds. The van der Waals surface area contributed by atoms with Gasteiger partial charge in [-0.15, -0.1) is 0 Å². The summed E-state index contributed by atoms with van der Waals surface area (Å²) in [4.78, 5) is 13.1. The van der Waals surface area contributed by atoms with E-state index >= 15 is 0 Å². The van der Waals surface area contributed by atoms with E-state index in [1.807, 2.05) is 18.2 Å². The quantitative estimate of drug-likeness (QED) is 0.347. The zero-order valence-electron chi connectivity index (χ0n) is 9.30. The monoisotopic (exact) mass is 227 g/mol. The second kappa shape index (κ2) is 4.10. The summed E-state index contributed by atoms with van der Waals surface area (Å²) in [6, 6.07) is 6.23. The fourth-order valence-corrected chi connectivity index (χ4v) is 1.75. The van der Waals surface area contributed by atoms with Gasteiger partial charge in [-0.3, -0.25) is 15.0 Å². The minimum atomic E-state index is 0.410. The molecular weight excluding hydrogens is 214 g/mol. The number of nitrogens with one attached hydrogen (secondary N) is 1. The molecular formula is C12H13N5. The smallest absolute Gasteiger partial charge is 0.145 e. The van der Waals surface area contributed by atoms with E-state index in [0.717, 1.165) is 29.4 Å². The average Bonchev–Trinajstić information content (AvgIpc) is 3.19. The number of nitrogens with two attached hydrogens (primary N) is 1. The van der Waals surface area contributed by atoms with Crippen molar-refractivity contribution in [2.75, 3.05) is 0 Å². The first-order chi connectivity index (χ1) is 8.38. The van der Waals surface area contributed by atoms with Crippen LogP contribution in [0.4, 0.5) is 0 Å². The van der Waals surface area contributed by atoms with Crippen LogP contribution in [0.3, 0.4) is 0 Å². The first-order valence-corrected chi connectivity index (χ1v) is 5.63. The van der Waals surface area contributed by atoms with E-state index in [2.05, 4.69) is 20.4 Å². The Morgan fingerprint density at radius 3 is 2.88 bits per heavy atom. The standard InChI is InChI=1S/C12H13N5/c13-17-12(16-8-4-5-8)9-2-1-3-10-11(9)15-7-6-14-10/h1-3,6-8H,4-5,13H2,(H,16,17). The van der Waals surface area contributed by atoms with E-state index in [1.54, 1.807) is 12.4 Å². The van der Waals surface area contributed by atoms with Crippen molar-refractivity contribution >= 4 is 16.9 Å². The SMILES string of the molecule is NNC(=NC1CC1)c1cccc2nccnc12. The van der Waals surface area contributed by atoms with Gasteiger partial charge in [-0.1, -0.05) is 6.07 Å². The number of hydrogen-bond acceptors (Lipinski definition) is 4. The molecule has 1 aromatic heterocycles. The lowest BCUT2D eigenvalue weighted by Gasteiger charge is -2.07. The lowest BCUT2D eigenvalue weighted by Crippen LogP contribution is -2.31. The molecule has 5 nitrogen and oxygen atoms in total. The Morgan fingerprint density at radius 2 is 2.12 bits per heavy atom. The highest BCUT2D eigenvalue weighted by Crippen LogP contribution is 2.25. The number of hydrazine groups is 1. The second-order valence-electron chi connectivity index (χ2n) is 4.08. The topological polar surface area (TPSA) is 76.2 Å². The maximum atomic E-state index is 5.54. The average molecular weight is 227 g/mol. The number of benzene rings is 1. The highest BCUT2D eigenvalue weighted by atomic mass is 15.3. The van der Waals surface area contributed by atoms with Crippen LogP contribution in [0, 0.1) is 0 Å². The van der Waals surface area contributed by atoms with E-state index in [4.69, 9.17) is 5.84 Å². The fraction of sp³-hybridized carbons (Fsp3) is 0.250. The summed E-state index contributed by atoms with van der Waals surface area (Å²) in [6.07, 6.45) is 5.64. The minimum Gasteiger partial charge on any atom is -0.308 e. The summed E-state index contributed by atoms with van der Waals surface area (Å²) >= 11 is 0. The molecule has 0 atom stereocenters. The molecule has 0 unspecified atom stereocenters. The Morgan fingerprint density at radius 1 is 1.29 bits per heavy atom. The first-order valence-electron chi connectivity index (χ1n) is 5.63. The predicted molar refractivity (Wildman–Crippen MR) is 66.4 cm³/mol. The number of amidine groups is 1. The van der Waals surface area contributed by atoms with Crippen LogP contribution in [0.1, 0.15) is 18.4 Å². The Labute approximate surface area is 98.8 Å². The number of aliphatic imine (C=N–C) groups is 1. The summed E-state index contributed by atoms with van der Waals surface area (Å²) < 4.78 is 0. The molecule has 2 aromatic rings. The molecule has 1 saturated carbocycles. The molecule has 0 spiro atoms. The van der Waals surface area contributed by atoms with Gasteiger partial charge in [-0.05, 0) is 25.0 Å². The summed E-state index contributed by atoms with van der Waals surface area (Å²) in [5, 5.41) is 0. The number of fused-ring (bicyclic) bond motifs is 1. The van der Waals surface area contributed by atoms with Crippen LogP contribution in [-0.4, -0.2) is 21.8 Å². The Bertz CT molecular complexity index is 569. The molecule has 5 heteroatoms. The maximum Gasteiger partial charge on any atom is 0.145 e. The van der Waals surface area contributed by atoms with Gasteiger partial charge in [0.25, 0.3) is 0 Å². The molecule has 0 bridgehead atoms. The molecule has 0 aliphatic heterocycles. The Balaban J connectivity index is 2.15. The summed E-state index contributed by atoms with van der Waals surface area (Å²) in [6.45, 7) is 0. The maximum absolute atomic E-state index is 5.54. The highest BCUT2D eigenvalue weighted by molar-refractivity contribution is 6.07. The lowest BCUT2D eigenvalue weighted by atomic mass is 10.1. The van der Waals surface area contributed by atoms with Gasteiger partial charge in [0, 0.05) is 18.0 Å². The molecule has 3 N–H and O–H groups in total. The number of hydrogen-bond donors (Lipinski definition) is 2. The molecule has 86 valence electrons. The van der Waals surface area contributed by atoms with Crippen molar-refractivity contribution in [3.63, 3.8) is 0 Å². The van der Waals surface area contributed by atoms with Gasteiger partial charge in [-0.25, -0.2) is 5.84 Å². The van der Waals surface area contributed by atoms with Crippen molar-refractivity contribution in [3.05, 3.63) is 36.2 Å². The van der Waals surface area contributed by atoms with Gasteiger partial charge in [0.05, 0.1) is 17.1 Å². The molecule has 0 saturated heterocycles. The third kappa shape index (κ3) is 1.97. The lowest BCUT2D eigenvalue weighted by molar-refractivity contribution is 0.972. The van der Waals surface area contributed by atoms with E-state index in [0.29, 0.717) is 11.9 Å². The molecule has 1 fully saturated rings. The van der Waals surface area contributed by atoms with Gasteiger partial charge < -0.3 is 5.43 Å². The van der Waals surface area contributed by atoms with Crippen molar-refractivity contribution < 1.29 is 0 Å². The number of para-hydroxylation sites is 1. The third-order valence-electron chi connectivity index (χ3n) is 2.75. The number of aromatic nitrogens is 2. The van der Waals surface area contributed by atoms with Gasteiger partial charge >= 0.3 is 0 Å². The molecule has 0 radical (unpaired) electrons. The van der Waals surface area contributed by atoms with Crippen LogP contribution >= 0.6 is 0 Å². The van der Waals surface area contributed by atoms with Crippen LogP contribution < -0.4 is 11.3 Å². The van der Waals surface area contributed by atoms with Crippen molar-refractivity contribution in [1.29, 1.82) is 0 Å². The van der Waals surface area contributed by atoms with Crippen LogP contribution in [-0.2, 0) is 0 Å². The molecule has 1 aliphatic carbocycles. The van der Waals surface area contributed by atoms with Gasteiger partial charge in [0.1, 0.15) is 5.84 Å². The predicted octanol–water partition coefficient (Wildman–Crippen LogP) is 1.00. The zero-order valence-corrected chi connectivity index (χ0v) is 9.30. The molecule has 1 aliphatic rings. The van der Waals surface area contributed by atoms with E-state index in [-0.39, 0.29) is 0 Å². The molecule has 1 heterocycles. The number of nitrogens with zero attached hydrogens (tertiary/aromatic N) is 3. The second-order valence-corrected chi connectivity index (χ2v) is 4.08. The minimum absolute atomic E-state index is 0.410. The zero-order chi connectivity index (χ0) is 11.7. The van der Waals surface area contributed by atoms with E-state index < -0.39 is 0 Å². The fourth-order valence-electron chi connectivity index (χ4n) is 1.75. The van der Waals surface area contributed by atoms with Crippen molar-refractivity contribution in [2.24, 2.45) is 10.8 Å². The highest BCUT2D eigenvalue weighted by Gasteiger charge is 2.22. The van der Waals surface area contributed by atoms with Crippen LogP contribution in [0.2, 0.25) is 0 Å². The van der Waals surface area contributed by atoms with Crippen molar-refractivity contribution in [1.82, 2.24) is 15.4 Å². The van der Waals surface area contributed by atoms with Gasteiger partial charge in [0.15, 0.2) is 0 Å². The van der Waals surface area contributed by atoms with E-state index in [1.165, 1.54) is 0 Å². The van der Waals surface area contributed by atoms with Gasteiger partial charge in [-0.2, -0.15) is 0 Å². The van der Waals surface area contributed by atoms with Crippen LogP contribution in [0.25, 0.3) is 11.0 Å². The van der Waals surface area contributed by atoms with Crippen LogP contribution in [0.5, 0.6) is 0 Å². The first kappa shape index (κ1) is 10.2. The van der Waals surface area contributed by atoms with Gasteiger partial charge in [0.2, 0.25) is 0 Å². The summed E-state index contributed by atoms with van der Waals surface area (Å²) in [7, 11) is 0. The normalized spacial score (nSPS) is 16.2. The summed E-state index contributed by atoms with van der Waals surface area (Å²) in [5.41, 5.74) is 5.25. The summed E-state index contributed by atoms with van der Waals surface area (Å²) in [5.74, 6) is 6.24. The molecule has 1 aromatic carbocycles. The third-order valence-corrected chi connectivity index (χ3v) is 2.75. The van der Waals surface area contributed by atoms with Crippen molar-refractivity contribution in [2.45, 2.75) is 18.9 Å². The number of rotatable bonds is 2. The van der Waals surface area contributed by atoms with E-state index in [9.17, 15) is 0 Å². The van der Waals surface area contributed by atoms with Crippen LogP contribution in [0.15, 0.2) is 35.6 Å². The molecule has 17 heavy (non-hydrogen) atoms. The molecule has 3 rings (SSSR count). The van der Waals surface area contributed by atoms with Crippen molar-refractivity contribution in [3.8, 4) is 0 Å². The Hall–Kier alpha value is -2.01. The largest absolute Gasteiger partial charge is 0.308 e. The Kier molecular flexibility index (Phi) is 2.45.